The number of carbonyl (C=O) groups excluding carboxylic acids is 1. The fourth-order valence-corrected chi connectivity index (χ4v) is 4.33. The summed E-state index contributed by atoms with van der Waals surface area (Å²) < 4.78 is 5.79. The van der Waals surface area contributed by atoms with Gasteiger partial charge < -0.3 is 9.73 Å². The third-order valence-electron chi connectivity index (χ3n) is 5.16. The quantitative estimate of drug-likeness (QED) is 0.287. The summed E-state index contributed by atoms with van der Waals surface area (Å²) in [5.74, 6) is 1.46. The number of thioether (sulfide) groups is 1. The van der Waals surface area contributed by atoms with E-state index in [0.29, 0.717) is 28.8 Å². The molecule has 1 N–H and O–H groups in total. The molecular formula is C24H31N3O2S. The van der Waals surface area contributed by atoms with Gasteiger partial charge in [-0.15, -0.1) is 0 Å². The van der Waals surface area contributed by atoms with Gasteiger partial charge in [-0.05, 0) is 41.5 Å². The lowest BCUT2D eigenvalue weighted by atomic mass is 9.92. The number of oxazole rings is 1. The van der Waals surface area contributed by atoms with E-state index in [0.717, 1.165) is 36.3 Å². The molecule has 0 spiro atoms. The second-order valence-electron chi connectivity index (χ2n) is 7.99. The number of hydrogen-bond acceptors (Lipinski definition) is 5. The van der Waals surface area contributed by atoms with Crippen LogP contribution in [0.15, 0.2) is 46.2 Å². The summed E-state index contributed by atoms with van der Waals surface area (Å²) in [6.07, 6.45) is 5.41. The van der Waals surface area contributed by atoms with Crippen molar-refractivity contribution in [2.75, 3.05) is 11.1 Å². The van der Waals surface area contributed by atoms with Crippen molar-refractivity contribution in [3.05, 3.63) is 47.7 Å². The maximum Gasteiger partial charge on any atom is 0.258 e. The first-order chi connectivity index (χ1) is 14.5. The van der Waals surface area contributed by atoms with Gasteiger partial charge in [-0.2, -0.15) is 4.98 Å². The molecule has 0 saturated heterocycles. The second-order valence-corrected chi connectivity index (χ2v) is 8.96. The minimum absolute atomic E-state index is 0.0997. The number of para-hydroxylation sites is 1. The zero-order chi connectivity index (χ0) is 21.5. The standard InChI is InChI=1S/C24H31N3O2S/c1-5-6-7-13-21(28)26-22-18(16(2)3)10-8-11-19(22)17(4)15-30-24-27-23-20(29-24)12-9-14-25-23/h8-12,14,16-17H,5-7,13,15H2,1-4H3,(H,26,28). The van der Waals surface area contributed by atoms with E-state index in [-0.39, 0.29) is 11.8 Å². The number of amides is 1. The van der Waals surface area contributed by atoms with E-state index in [1.807, 2.05) is 12.1 Å². The molecule has 2 heterocycles. The van der Waals surface area contributed by atoms with Crippen molar-refractivity contribution in [1.29, 1.82) is 0 Å². The van der Waals surface area contributed by atoms with Crippen molar-refractivity contribution in [3.8, 4) is 0 Å². The number of pyridine rings is 1. The number of benzene rings is 1. The van der Waals surface area contributed by atoms with E-state index < -0.39 is 0 Å². The number of carbonyl (C=O) groups is 1. The number of anilines is 1. The molecule has 1 unspecified atom stereocenters. The van der Waals surface area contributed by atoms with Crippen molar-refractivity contribution < 1.29 is 9.21 Å². The summed E-state index contributed by atoms with van der Waals surface area (Å²) in [6, 6.07) is 10.0. The predicted octanol–water partition coefficient (Wildman–Crippen LogP) is 6.76. The van der Waals surface area contributed by atoms with Crippen LogP contribution in [0.2, 0.25) is 0 Å². The van der Waals surface area contributed by atoms with Gasteiger partial charge in [-0.25, -0.2) is 4.98 Å². The van der Waals surface area contributed by atoms with Crippen LogP contribution in [-0.2, 0) is 4.79 Å². The minimum atomic E-state index is 0.0997. The molecule has 6 heteroatoms. The monoisotopic (exact) mass is 425 g/mol. The minimum Gasteiger partial charge on any atom is -0.430 e. The molecule has 160 valence electrons. The number of hydrogen-bond donors (Lipinski definition) is 1. The van der Waals surface area contributed by atoms with Crippen molar-refractivity contribution >= 4 is 34.6 Å². The smallest absolute Gasteiger partial charge is 0.258 e. The largest absolute Gasteiger partial charge is 0.430 e. The number of nitrogens with zero attached hydrogens (tertiary/aromatic N) is 2. The highest BCUT2D eigenvalue weighted by molar-refractivity contribution is 7.99. The zero-order valence-corrected chi connectivity index (χ0v) is 19.1. The van der Waals surface area contributed by atoms with E-state index in [2.05, 4.69) is 61.2 Å². The van der Waals surface area contributed by atoms with Gasteiger partial charge in [-0.3, -0.25) is 4.79 Å². The maximum absolute atomic E-state index is 12.6. The fourth-order valence-electron chi connectivity index (χ4n) is 3.46. The first kappa shape index (κ1) is 22.3. The Bertz CT molecular complexity index is 950. The molecule has 5 nitrogen and oxygen atoms in total. The van der Waals surface area contributed by atoms with E-state index in [4.69, 9.17) is 4.42 Å². The van der Waals surface area contributed by atoms with Crippen LogP contribution in [0.25, 0.3) is 11.2 Å². The molecule has 1 amide bonds. The number of nitrogens with one attached hydrogen (secondary N) is 1. The van der Waals surface area contributed by atoms with Crippen molar-refractivity contribution in [2.45, 2.75) is 70.4 Å². The van der Waals surface area contributed by atoms with Crippen LogP contribution in [0.1, 0.15) is 76.3 Å². The molecule has 3 aromatic rings. The number of unbranched alkanes of at least 4 members (excludes halogenated alkanes) is 2. The molecule has 0 aliphatic rings. The third kappa shape index (κ3) is 5.63. The molecule has 0 bridgehead atoms. The SMILES string of the molecule is CCCCCC(=O)Nc1c(C(C)C)cccc1C(C)CSc1nc2ncccc2o1. The van der Waals surface area contributed by atoms with E-state index >= 15 is 0 Å². The van der Waals surface area contributed by atoms with E-state index in [1.165, 1.54) is 5.56 Å². The van der Waals surface area contributed by atoms with E-state index in [9.17, 15) is 4.79 Å². The highest BCUT2D eigenvalue weighted by Crippen LogP contribution is 2.35. The van der Waals surface area contributed by atoms with Crippen LogP contribution in [0.3, 0.4) is 0 Å². The maximum atomic E-state index is 12.6. The molecule has 2 aromatic heterocycles. The predicted molar refractivity (Wildman–Crippen MR) is 124 cm³/mol. The highest BCUT2D eigenvalue weighted by atomic mass is 32.2. The topological polar surface area (TPSA) is 68.0 Å². The average Bonchev–Trinajstić information content (AvgIpc) is 3.15. The average molecular weight is 426 g/mol. The summed E-state index contributed by atoms with van der Waals surface area (Å²) in [7, 11) is 0. The van der Waals surface area contributed by atoms with Gasteiger partial charge in [0.15, 0.2) is 11.2 Å². The first-order valence-electron chi connectivity index (χ1n) is 10.8. The van der Waals surface area contributed by atoms with Gasteiger partial charge in [0.1, 0.15) is 0 Å². The Morgan fingerprint density at radius 3 is 2.67 bits per heavy atom. The fraction of sp³-hybridized carbons (Fsp3) is 0.458. The molecule has 0 aliphatic heterocycles. The summed E-state index contributed by atoms with van der Waals surface area (Å²) >= 11 is 1.58. The van der Waals surface area contributed by atoms with Gasteiger partial charge in [0, 0.05) is 24.1 Å². The Hall–Kier alpha value is -2.34. The Balaban J connectivity index is 1.75. The van der Waals surface area contributed by atoms with Crippen molar-refractivity contribution in [3.63, 3.8) is 0 Å². The van der Waals surface area contributed by atoms with Crippen molar-refractivity contribution in [1.82, 2.24) is 9.97 Å². The highest BCUT2D eigenvalue weighted by Gasteiger charge is 2.19. The molecule has 1 aromatic carbocycles. The number of fused-ring (bicyclic) bond motifs is 1. The van der Waals surface area contributed by atoms with Crippen LogP contribution >= 0.6 is 11.8 Å². The van der Waals surface area contributed by atoms with Crippen molar-refractivity contribution in [2.24, 2.45) is 0 Å². The summed E-state index contributed by atoms with van der Waals surface area (Å²) in [5.41, 5.74) is 4.65. The lowest BCUT2D eigenvalue weighted by Gasteiger charge is -2.21. The number of aromatic nitrogens is 2. The summed E-state index contributed by atoms with van der Waals surface area (Å²) in [6.45, 7) is 8.66. The van der Waals surface area contributed by atoms with Crippen LogP contribution in [0.4, 0.5) is 5.69 Å². The van der Waals surface area contributed by atoms with Crippen LogP contribution in [0, 0.1) is 0 Å². The lowest BCUT2D eigenvalue weighted by molar-refractivity contribution is -0.116. The third-order valence-corrected chi connectivity index (χ3v) is 6.24. The van der Waals surface area contributed by atoms with Crippen LogP contribution in [0.5, 0.6) is 0 Å². The molecule has 1 atom stereocenters. The Kier molecular flexibility index (Phi) is 7.91. The van der Waals surface area contributed by atoms with E-state index in [1.54, 1.807) is 18.0 Å². The van der Waals surface area contributed by atoms with Gasteiger partial charge in [-0.1, -0.05) is 70.5 Å². The summed E-state index contributed by atoms with van der Waals surface area (Å²) in [5, 5.41) is 3.85. The van der Waals surface area contributed by atoms with Crippen LogP contribution < -0.4 is 5.32 Å². The molecule has 0 saturated carbocycles. The molecule has 0 fully saturated rings. The molecule has 0 radical (unpaired) electrons. The Labute approximate surface area is 183 Å². The molecule has 30 heavy (non-hydrogen) atoms. The Morgan fingerprint density at radius 1 is 1.13 bits per heavy atom. The molecular weight excluding hydrogens is 394 g/mol. The normalized spacial score (nSPS) is 12.4. The van der Waals surface area contributed by atoms with Gasteiger partial charge in [0.25, 0.3) is 5.22 Å². The lowest BCUT2D eigenvalue weighted by Crippen LogP contribution is -2.16. The molecule has 3 rings (SSSR count). The molecule has 0 aliphatic carbocycles. The first-order valence-corrected chi connectivity index (χ1v) is 11.7. The van der Waals surface area contributed by atoms with Gasteiger partial charge in [0.05, 0.1) is 0 Å². The van der Waals surface area contributed by atoms with Crippen LogP contribution in [-0.4, -0.2) is 21.6 Å². The summed E-state index contributed by atoms with van der Waals surface area (Å²) in [4.78, 5) is 21.2. The second kappa shape index (κ2) is 10.6. The Morgan fingerprint density at radius 2 is 1.93 bits per heavy atom. The van der Waals surface area contributed by atoms with Gasteiger partial charge >= 0.3 is 0 Å². The van der Waals surface area contributed by atoms with Gasteiger partial charge in [0.2, 0.25) is 5.91 Å². The number of rotatable bonds is 10. The zero-order valence-electron chi connectivity index (χ0n) is 18.3.